The minimum absolute atomic E-state index is 0.483. The van der Waals surface area contributed by atoms with Crippen molar-refractivity contribution in [2.24, 2.45) is 0 Å². The van der Waals surface area contributed by atoms with Crippen molar-refractivity contribution in [3.63, 3.8) is 0 Å². The predicted molar refractivity (Wildman–Crippen MR) is 72.5 cm³/mol. The molecule has 3 heteroatoms. The molecule has 1 aliphatic heterocycles. The van der Waals surface area contributed by atoms with Crippen LogP contribution in [-0.2, 0) is 6.54 Å². The molecule has 3 rings (SSSR count). The van der Waals surface area contributed by atoms with Crippen LogP contribution >= 0.6 is 0 Å². The Labute approximate surface area is 108 Å². The molecule has 1 atom stereocenters. The van der Waals surface area contributed by atoms with Crippen LogP contribution in [0.25, 0.3) is 0 Å². The van der Waals surface area contributed by atoms with Crippen molar-refractivity contribution in [1.29, 1.82) is 0 Å². The minimum Gasteiger partial charge on any atom is -0.329 e. The number of aromatic nitrogens is 2. The molecule has 0 spiro atoms. The minimum atomic E-state index is 0.483. The lowest BCUT2D eigenvalue weighted by molar-refractivity contribution is 0.584. The topological polar surface area (TPSA) is 29.9 Å². The van der Waals surface area contributed by atoms with Gasteiger partial charge in [-0.3, -0.25) is 0 Å². The third kappa shape index (κ3) is 2.18. The van der Waals surface area contributed by atoms with Gasteiger partial charge in [-0.25, -0.2) is 4.98 Å². The molecule has 0 unspecified atom stereocenters. The van der Waals surface area contributed by atoms with Gasteiger partial charge in [-0.05, 0) is 37.4 Å². The molecule has 1 saturated heterocycles. The molecule has 0 bridgehead atoms. The van der Waals surface area contributed by atoms with Crippen molar-refractivity contribution in [3.05, 3.63) is 53.6 Å². The molecule has 1 aromatic carbocycles. The average Bonchev–Trinajstić information content (AvgIpc) is 3.02. The van der Waals surface area contributed by atoms with Gasteiger partial charge in [0.2, 0.25) is 0 Å². The van der Waals surface area contributed by atoms with E-state index < -0.39 is 0 Å². The third-order valence-electron chi connectivity index (χ3n) is 3.76. The molecule has 0 aliphatic carbocycles. The summed E-state index contributed by atoms with van der Waals surface area (Å²) >= 11 is 0. The summed E-state index contributed by atoms with van der Waals surface area (Å²) in [6.45, 7) is 4.21. The van der Waals surface area contributed by atoms with E-state index in [1.54, 1.807) is 0 Å². The highest BCUT2D eigenvalue weighted by Gasteiger charge is 2.19. The SMILES string of the molecule is Cc1ccccc1Cn1cncc1[C@@H]1CCCN1. The van der Waals surface area contributed by atoms with E-state index in [4.69, 9.17) is 0 Å². The highest BCUT2D eigenvalue weighted by atomic mass is 15.1. The summed E-state index contributed by atoms with van der Waals surface area (Å²) in [6.07, 6.45) is 6.43. The first-order valence-corrected chi connectivity index (χ1v) is 6.62. The molecule has 2 heterocycles. The molecule has 18 heavy (non-hydrogen) atoms. The Morgan fingerprint density at radius 1 is 1.39 bits per heavy atom. The zero-order chi connectivity index (χ0) is 12.4. The first-order valence-electron chi connectivity index (χ1n) is 6.62. The van der Waals surface area contributed by atoms with Crippen LogP contribution in [0, 0.1) is 6.92 Å². The fraction of sp³-hybridized carbons (Fsp3) is 0.400. The quantitative estimate of drug-likeness (QED) is 0.895. The summed E-state index contributed by atoms with van der Waals surface area (Å²) in [7, 11) is 0. The van der Waals surface area contributed by atoms with Gasteiger partial charge >= 0.3 is 0 Å². The largest absolute Gasteiger partial charge is 0.329 e. The summed E-state index contributed by atoms with van der Waals surface area (Å²) in [5.41, 5.74) is 4.03. The van der Waals surface area contributed by atoms with Gasteiger partial charge in [0.15, 0.2) is 0 Å². The number of nitrogens with one attached hydrogen (secondary N) is 1. The number of aryl methyl sites for hydroxylation is 1. The van der Waals surface area contributed by atoms with E-state index >= 15 is 0 Å². The van der Waals surface area contributed by atoms with Gasteiger partial charge in [-0.15, -0.1) is 0 Å². The van der Waals surface area contributed by atoms with E-state index in [1.807, 2.05) is 12.5 Å². The molecule has 1 aromatic heterocycles. The van der Waals surface area contributed by atoms with E-state index in [9.17, 15) is 0 Å². The Kier molecular flexibility index (Phi) is 3.15. The van der Waals surface area contributed by atoms with Gasteiger partial charge in [0.1, 0.15) is 0 Å². The van der Waals surface area contributed by atoms with Crippen molar-refractivity contribution >= 4 is 0 Å². The van der Waals surface area contributed by atoms with E-state index in [2.05, 4.69) is 46.1 Å². The number of hydrogen-bond donors (Lipinski definition) is 1. The Hall–Kier alpha value is -1.61. The molecule has 3 nitrogen and oxygen atoms in total. The van der Waals surface area contributed by atoms with Crippen LogP contribution in [0.2, 0.25) is 0 Å². The van der Waals surface area contributed by atoms with Crippen molar-refractivity contribution < 1.29 is 0 Å². The Balaban J connectivity index is 1.85. The molecule has 1 fully saturated rings. The highest BCUT2D eigenvalue weighted by molar-refractivity contribution is 5.26. The number of rotatable bonds is 3. The van der Waals surface area contributed by atoms with Crippen LogP contribution in [-0.4, -0.2) is 16.1 Å². The molecule has 0 amide bonds. The molecule has 1 aliphatic rings. The average molecular weight is 241 g/mol. The van der Waals surface area contributed by atoms with Crippen LogP contribution in [0.5, 0.6) is 0 Å². The molecular formula is C15H19N3. The van der Waals surface area contributed by atoms with Crippen LogP contribution in [0.4, 0.5) is 0 Å². The number of hydrogen-bond acceptors (Lipinski definition) is 2. The summed E-state index contributed by atoms with van der Waals surface area (Å²) < 4.78 is 2.27. The second-order valence-corrected chi connectivity index (χ2v) is 5.02. The van der Waals surface area contributed by atoms with Gasteiger partial charge in [0.05, 0.1) is 12.0 Å². The van der Waals surface area contributed by atoms with Gasteiger partial charge in [0.25, 0.3) is 0 Å². The van der Waals surface area contributed by atoms with Crippen molar-refractivity contribution in [1.82, 2.24) is 14.9 Å². The number of imidazole rings is 1. The van der Waals surface area contributed by atoms with Crippen molar-refractivity contribution in [3.8, 4) is 0 Å². The maximum Gasteiger partial charge on any atom is 0.0951 e. The summed E-state index contributed by atoms with van der Waals surface area (Å²) in [6, 6.07) is 9.04. The third-order valence-corrected chi connectivity index (χ3v) is 3.76. The standard InChI is InChI=1S/C15H19N3/c1-12-5-2-3-6-13(12)10-18-11-16-9-15(18)14-7-4-8-17-14/h2-3,5-6,9,11,14,17H,4,7-8,10H2,1H3/t14-/m0/s1. The Bertz CT molecular complexity index is 524. The number of benzene rings is 1. The summed E-state index contributed by atoms with van der Waals surface area (Å²) in [5, 5.41) is 3.54. The van der Waals surface area contributed by atoms with Crippen LogP contribution in [0.15, 0.2) is 36.8 Å². The molecular weight excluding hydrogens is 222 g/mol. The number of nitrogens with zero attached hydrogens (tertiary/aromatic N) is 2. The summed E-state index contributed by atoms with van der Waals surface area (Å²) in [5.74, 6) is 0. The first kappa shape index (κ1) is 11.5. The lowest BCUT2D eigenvalue weighted by atomic mass is 10.1. The Morgan fingerprint density at radius 2 is 2.28 bits per heavy atom. The van der Waals surface area contributed by atoms with Gasteiger partial charge in [-0.2, -0.15) is 0 Å². The van der Waals surface area contributed by atoms with Crippen LogP contribution < -0.4 is 5.32 Å². The molecule has 94 valence electrons. The molecule has 1 N–H and O–H groups in total. The normalized spacial score (nSPS) is 19.3. The lowest BCUT2D eigenvalue weighted by Crippen LogP contribution is -2.17. The second-order valence-electron chi connectivity index (χ2n) is 5.02. The maximum absolute atomic E-state index is 4.32. The van der Waals surface area contributed by atoms with Crippen molar-refractivity contribution in [2.75, 3.05) is 6.54 Å². The van der Waals surface area contributed by atoms with Crippen molar-refractivity contribution in [2.45, 2.75) is 32.4 Å². The molecule has 0 saturated carbocycles. The molecule has 2 aromatic rings. The monoisotopic (exact) mass is 241 g/mol. The zero-order valence-corrected chi connectivity index (χ0v) is 10.8. The fourth-order valence-electron chi connectivity index (χ4n) is 2.66. The van der Waals surface area contributed by atoms with E-state index in [0.29, 0.717) is 6.04 Å². The van der Waals surface area contributed by atoms with Gasteiger partial charge in [-0.1, -0.05) is 24.3 Å². The maximum atomic E-state index is 4.32. The zero-order valence-electron chi connectivity index (χ0n) is 10.8. The van der Waals surface area contributed by atoms with Gasteiger partial charge < -0.3 is 9.88 Å². The second kappa shape index (κ2) is 4.94. The van der Waals surface area contributed by atoms with E-state index in [1.165, 1.54) is 29.7 Å². The smallest absolute Gasteiger partial charge is 0.0951 e. The van der Waals surface area contributed by atoms with E-state index in [-0.39, 0.29) is 0 Å². The highest BCUT2D eigenvalue weighted by Crippen LogP contribution is 2.23. The predicted octanol–water partition coefficient (Wildman–Crippen LogP) is 2.66. The van der Waals surface area contributed by atoms with Crippen LogP contribution in [0.3, 0.4) is 0 Å². The first-order chi connectivity index (χ1) is 8.84. The van der Waals surface area contributed by atoms with E-state index in [0.717, 1.165) is 13.1 Å². The summed E-state index contributed by atoms with van der Waals surface area (Å²) in [4.78, 5) is 4.32. The van der Waals surface area contributed by atoms with Gasteiger partial charge in [0, 0.05) is 18.8 Å². The Morgan fingerprint density at radius 3 is 3.06 bits per heavy atom. The molecule has 0 radical (unpaired) electrons. The fourth-order valence-corrected chi connectivity index (χ4v) is 2.66. The van der Waals surface area contributed by atoms with Crippen LogP contribution in [0.1, 0.15) is 35.7 Å². The lowest BCUT2D eigenvalue weighted by Gasteiger charge is -2.15.